The third-order valence-electron chi connectivity index (χ3n) is 0.941. The van der Waals surface area contributed by atoms with Crippen molar-refractivity contribution < 1.29 is 9.53 Å². The zero-order valence-corrected chi connectivity index (χ0v) is 5.33. The molecule has 2 nitrogen and oxygen atoms in total. The molecule has 0 radical (unpaired) electrons. The number of hydrogen-bond acceptors (Lipinski definition) is 3. The van der Waals surface area contributed by atoms with Crippen LogP contribution in [0.2, 0.25) is 0 Å². The molecule has 1 rings (SSSR count). The van der Waals surface area contributed by atoms with E-state index in [4.69, 9.17) is 4.74 Å². The van der Waals surface area contributed by atoms with Gasteiger partial charge in [-0.15, -0.1) is 0 Å². The Morgan fingerprint density at radius 1 is 1.88 bits per heavy atom. The molecular formula is C5H6O2S. The van der Waals surface area contributed by atoms with Crippen molar-refractivity contribution in [2.24, 2.45) is 0 Å². The molecule has 0 amide bonds. The minimum atomic E-state index is -0.234. The predicted octanol–water partition coefficient (Wildman–Crippen LogP) is 1.77. The number of cyclic esters (lactones) is 1. The molecule has 8 heavy (non-hydrogen) atoms. The summed E-state index contributed by atoms with van der Waals surface area (Å²) in [5, 5.41) is -0.234. The van der Waals surface area contributed by atoms with E-state index in [0.29, 0.717) is 0 Å². The number of ether oxygens (including phenoxy) is 1. The molecule has 44 valence electrons. The normalized spacial score (nSPS) is 28.4. The van der Waals surface area contributed by atoms with Gasteiger partial charge >= 0.3 is 5.30 Å². The summed E-state index contributed by atoms with van der Waals surface area (Å²) in [7, 11) is 0. The first kappa shape index (κ1) is 5.69. The Morgan fingerprint density at radius 2 is 2.50 bits per heavy atom. The Balaban J connectivity index is 2.64. The fourth-order valence-corrected chi connectivity index (χ4v) is 1.04. The van der Waals surface area contributed by atoms with E-state index in [1.54, 1.807) is 6.92 Å². The summed E-state index contributed by atoms with van der Waals surface area (Å²) in [6.45, 7) is 5.41. The van der Waals surface area contributed by atoms with Gasteiger partial charge in [-0.2, -0.15) is 0 Å². The van der Waals surface area contributed by atoms with E-state index in [-0.39, 0.29) is 11.4 Å². The third-order valence-corrected chi connectivity index (χ3v) is 1.80. The first-order valence-electron chi connectivity index (χ1n) is 2.27. The standard InChI is InChI=1S/C5H6O2S/c1-3-4(2)8-5(6)7-3/h3H,2H2,1H3. The maximum absolute atomic E-state index is 10.3. The van der Waals surface area contributed by atoms with Crippen molar-refractivity contribution in [3.63, 3.8) is 0 Å². The van der Waals surface area contributed by atoms with E-state index in [2.05, 4.69) is 6.58 Å². The van der Waals surface area contributed by atoms with Gasteiger partial charge < -0.3 is 4.74 Å². The van der Waals surface area contributed by atoms with Crippen molar-refractivity contribution in [2.45, 2.75) is 13.0 Å². The highest BCUT2D eigenvalue weighted by atomic mass is 32.2. The molecule has 0 spiro atoms. The molecule has 0 saturated carbocycles. The van der Waals surface area contributed by atoms with Crippen molar-refractivity contribution in [3.05, 3.63) is 11.5 Å². The van der Waals surface area contributed by atoms with Gasteiger partial charge in [-0.1, -0.05) is 6.58 Å². The SMILES string of the molecule is C=C1SC(=O)OC1C. The van der Waals surface area contributed by atoms with Crippen LogP contribution in [0.3, 0.4) is 0 Å². The Kier molecular flexibility index (Phi) is 1.29. The molecule has 1 fully saturated rings. The average molecular weight is 130 g/mol. The van der Waals surface area contributed by atoms with Crippen LogP contribution < -0.4 is 0 Å². The topological polar surface area (TPSA) is 26.3 Å². The lowest BCUT2D eigenvalue weighted by Crippen LogP contribution is -1.99. The lowest BCUT2D eigenvalue weighted by Gasteiger charge is -1.96. The molecule has 1 aliphatic rings. The molecule has 0 aromatic rings. The van der Waals surface area contributed by atoms with Crippen molar-refractivity contribution >= 4 is 17.1 Å². The Bertz CT molecular complexity index is 141. The molecule has 1 atom stereocenters. The molecule has 1 saturated heterocycles. The second-order valence-electron chi connectivity index (χ2n) is 1.58. The molecule has 0 aromatic carbocycles. The summed E-state index contributed by atoms with van der Waals surface area (Å²) >= 11 is 1.07. The van der Waals surface area contributed by atoms with Crippen LogP contribution in [0.5, 0.6) is 0 Å². The lowest BCUT2D eigenvalue weighted by molar-refractivity contribution is 0.160. The Labute approximate surface area is 51.9 Å². The van der Waals surface area contributed by atoms with E-state index < -0.39 is 0 Å². The number of thioether (sulfide) groups is 1. The highest BCUT2D eigenvalue weighted by Crippen LogP contribution is 2.29. The maximum Gasteiger partial charge on any atom is 0.372 e. The van der Waals surface area contributed by atoms with E-state index >= 15 is 0 Å². The van der Waals surface area contributed by atoms with Gasteiger partial charge in [-0.25, -0.2) is 4.79 Å². The summed E-state index contributed by atoms with van der Waals surface area (Å²) in [5.74, 6) is 0. The van der Waals surface area contributed by atoms with E-state index in [0.717, 1.165) is 16.7 Å². The summed E-state index contributed by atoms with van der Waals surface area (Å²) in [6, 6.07) is 0. The van der Waals surface area contributed by atoms with Gasteiger partial charge in [0.05, 0.1) is 0 Å². The first-order chi connectivity index (χ1) is 3.70. The molecule has 3 heteroatoms. The highest BCUT2D eigenvalue weighted by molar-refractivity contribution is 8.17. The molecule has 1 unspecified atom stereocenters. The Hall–Kier alpha value is -0.440. The number of carbonyl (C=O) groups is 1. The second-order valence-corrected chi connectivity index (χ2v) is 2.64. The summed E-state index contributed by atoms with van der Waals surface area (Å²) in [6.07, 6.45) is -0.0903. The zero-order valence-electron chi connectivity index (χ0n) is 4.51. The summed E-state index contributed by atoms with van der Waals surface area (Å²) in [4.78, 5) is 11.1. The molecule has 0 aliphatic carbocycles. The second kappa shape index (κ2) is 1.82. The lowest BCUT2D eigenvalue weighted by atomic mass is 10.4. The van der Waals surface area contributed by atoms with Crippen molar-refractivity contribution in [1.82, 2.24) is 0 Å². The predicted molar refractivity (Wildman–Crippen MR) is 32.7 cm³/mol. The largest absolute Gasteiger partial charge is 0.449 e. The molecule has 1 heterocycles. The van der Waals surface area contributed by atoms with Crippen LogP contribution in [-0.4, -0.2) is 11.4 Å². The quantitative estimate of drug-likeness (QED) is 0.467. The van der Waals surface area contributed by atoms with Crippen molar-refractivity contribution in [3.8, 4) is 0 Å². The zero-order chi connectivity index (χ0) is 6.15. The van der Waals surface area contributed by atoms with Gasteiger partial charge in [0, 0.05) is 4.91 Å². The third kappa shape index (κ3) is 0.865. The first-order valence-corrected chi connectivity index (χ1v) is 3.09. The number of carbonyl (C=O) groups excluding carboxylic acids is 1. The van der Waals surface area contributed by atoms with Gasteiger partial charge in [0.15, 0.2) is 0 Å². The fraction of sp³-hybridized carbons (Fsp3) is 0.400. The highest BCUT2D eigenvalue weighted by Gasteiger charge is 2.23. The fourth-order valence-electron chi connectivity index (χ4n) is 0.424. The molecule has 0 aromatic heterocycles. The van der Waals surface area contributed by atoms with E-state index in [1.165, 1.54) is 0 Å². The number of hydrogen-bond donors (Lipinski definition) is 0. The van der Waals surface area contributed by atoms with Gasteiger partial charge in [0.1, 0.15) is 6.10 Å². The minimum absolute atomic E-state index is 0.0903. The van der Waals surface area contributed by atoms with Gasteiger partial charge in [-0.05, 0) is 18.7 Å². The van der Waals surface area contributed by atoms with Gasteiger partial charge in [0.25, 0.3) is 0 Å². The van der Waals surface area contributed by atoms with Crippen LogP contribution in [0.4, 0.5) is 4.79 Å². The average Bonchev–Trinajstić information content (AvgIpc) is 1.85. The maximum atomic E-state index is 10.3. The van der Waals surface area contributed by atoms with E-state index in [9.17, 15) is 4.79 Å². The molecule has 1 aliphatic heterocycles. The van der Waals surface area contributed by atoms with Gasteiger partial charge in [0.2, 0.25) is 0 Å². The van der Waals surface area contributed by atoms with Crippen LogP contribution in [0.1, 0.15) is 6.92 Å². The van der Waals surface area contributed by atoms with Crippen LogP contribution in [0.25, 0.3) is 0 Å². The molecular weight excluding hydrogens is 124 g/mol. The van der Waals surface area contributed by atoms with Crippen LogP contribution in [-0.2, 0) is 4.74 Å². The molecule has 0 bridgehead atoms. The van der Waals surface area contributed by atoms with Crippen LogP contribution in [0, 0.1) is 0 Å². The smallest absolute Gasteiger partial charge is 0.372 e. The van der Waals surface area contributed by atoms with E-state index in [1.807, 2.05) is 0 Å². The minimum Gasteiger partial charge on any atom is -0.449 e. The monoisotopic (exact) mass is 130 g/mol. The number of rotatable bonds is 0. The summed E-state index contributed by atoms with van der Waals surface area (Å²) in [5.41, 5.74) is 0. The van der Waals surface area contributed by atoms with Gasteiger partial charge in [-0.3, -0.25) is 0 Å². The van der Waals surface area contributed by atoms with Crippen LogP contribution in [0.15, 0.2) is 11.5 Å². The Morgan fingerprint density at radius 3 is 2.62 bits per heavy atom. The van der Waals surface area contributed by atoms with Crippen LogP contribution >= 0.6 is 11.8 Å². The summed E-state index contributed by atoms with van der Waals surface area (Å²) < 4.78 is 4.70. The van der Waals surface area contributed by atoms with Crippen molar-refractivity contribution in [2.75, 3.05) is 0 Å². The molecule has 0 N–H and O–H groups in total. The van der Waals surface area contributed by atoms with Crippen molar-refractivity contribution in [1.29, 1.82) is 0 Å².